The predicted molar refractivity (Wildman–Crippen MR) is 90.5 cm³/mol. The molecule has 1 N–H and O–H groups in total. The first-order valence-corrected chi connectivity index (χ1v) is 8.65. The lowest BCUT2D eigenvalue weighted by Crippen LogP contribution is -2.42. The van der Waals surface area contributed by atoms with Crippen LogP contribution in [0.3, 0.4) is 0 Å². The molecule has 23 heavy (non-hydrogen) atoms. The van der Waals surface area contributed by atoms with E-state index in [1.807, 2.05) is 29.2 Å². The highest BCUT2D eigenvalue weighted by atomic mass is 35.5. The summed E-state index contributed by atoms with van der Waals surface area (Å²) in [6, 6.07) is 8.04. The number of halogens is 1. The Hall–Kier alpha value is -1.14. The fourth-order valence-electron chi connectivity index (χ4n) is 3.11. The van der Waals surface area contributed by atoms with Crippen molar-refractivity contribution < 1.29 is 9.53 Å². The van der Waals surface area contributed by atoms with Gasteiger partial charge in [-0.05, 0) is 11.6 Å². The molecule has 1 aromatic rings. The Kier molecular flexibility index (Phi) is 5.89. The third-order valence-corrected chi connectivity index (χ3v) is 4.91. The van der Waals surface area contributed by atoms with Gasteiger partial charge in [0.05, 0.1) is 13.2 Å². The Morgan fingerprint density at radius 2 is 2.00 bits per heavy atom. The van der Waals surface area contributed by atoms with Crippen LogP contribution in [0.4, 0.5) is 0 Å². The van der Waals surface area contributed by atoms with Crippen LogP contribution in [0.15, 0.2) is 24.3 Å². The Labute approximate surface area is 142 Å². The first-order valence-electron chi connectivity index (χ1n) is 8.27. The standard InChI is InChI=1S/C17H24ClN3O2/c18-16-4-2-1-3-14(16)12-19-15-11-17(22)21(13-15)6-5-20-7-9-23-10-8-20/h1-4,15,19H,5-13H2/t15-/m0/s1. The highest BCUT2D eigenvalue weighted by Gasteiger charge is 2.29. The SMILES string of the molecule is O=C1C[C@H](NCc2ccccc2Cl)CN1CCN1CCOCC1. The van der Waals surface area contributed by atoms with Crippen molar-refractivity contribution in [3.8, 4) is 0 Å². The molecule has 2 heterocycles. The second-order valence-corrected chi connectivity index (χ2v) is 6.57. The van der Waals surface area contributed by atoms with E-state index < -0.39 is 0 Å². The average Bonchev–Trinajstić information content (AvgIpc) is 2.93. The van der Waals surface area contributed by atoms with Crippen LogP contribution in [0.25, 0.3) is 0 Å². The molecule has 0 saturated carbocycles. The van der Waals surface area contributed by atoms with E-state index >= 15 is 0 Å². The minimum absolute atomic E-state index is 0.212. The van der Waals surface area contributed by atoms with Crippen LogP contribution < -0.4 is 5.32 Å². The number of likely N-dealkylation sites (tertiary alicyclic amines) is 1. The number of benzene rings is 1. The van der Waals surface area contributed by atoms with Gasteiger partial charge in [-0.15, -0.1) is 0 Å². The zero-order valence-corrected chi connectivity index (χ0v) is 14.1. The van der Waals surface area contributed by atoms with Crippen LogP contribution in [-0.2, 0) is 16.1 Å². The van der Waals surface area contributed by atoms with Gasteiger partial charge in [0.2, 0.25) is 5.91 Å². The van der Waals surface area contributed by atoms with Gasteiger partial charge in [0.15, 0.2) is 0 Å². The van der Waals surface area contributed by atoms with Crippen molar-refractivity contribution in [2.45, 2.75) is 19.0 Å². The van der Waals surface area contributed by atoms with E-state index in [1.165, 1.54) is 0 Å². The summed E-state index contributed by atoms with van der Waals surface area (Å²) < 4.78 is 5.35. The highest BCUT2D eigenvalue weighted by Crippen LogP contribution is 2.16. The monoisotopic (exact) mass is 337 g/mol. The number of carbonyl (C=O) groups is 1. The van der Waals surface area contributed by atoms with Crippen molar-refractivity contribution in [3.63, 3.8) is 0 Å². The van der Waals surface area contributed by atoms with Gasteiger partial charge < -0.3 is 15.0 Å². The fraction of sp³-hybridized carbons (Fsp3) is 0.588. The van der Waals surface area contributed by atoms with Crippen LogP contribution in [0.2, 0.25) is 5.02 Å². The molecule has 2 aliphatic rings. The summed E-state index contributed by atoms with van der Waals surface area (Å²) in [4.78, 5) is 16.5. The third kappa shape index (κ3) is 4.67. The molecule has 0 bridgehead atoms. The molecule has 0 spiro atoms. The van der Waals surface area contributed by atoms with Gasteiger partial charge in [-0.1, -0.05) is 29.8 Å². The van der Waals surface area contributed by atoms with Gasteiger partial charge in [-0.25, -0.2) is 0 Å². The van der Waals surface area contributed by atoms with Crippen molar-refractivity contribution >= 4 is 17.5 Å². The Bertz CT molecular complexity index is 534. The Morgan fingerprint density at radius 3 is 2.78 bits per heavy atom. The molecule has 2 fully saturated rings. The molecule has 0 radical (unpaired) electrons. The number of hydrogen-bond acceptors (Lipinski definition) is 4. The summed E-state index contributed by atoms with van der Waals surface area (Å²) in [5.41, 5.74) is 1.08. The molecule has 1 aromatic carbocycles. The zero-order valence-electron chi connectivity index (χ0n) is 13.3. The van der Waals surface area contributed by atoms with Crippen LogP contribution in [0.1, 0.15) is 12.0 Å². The van der Waals surface area contributed by atoms with E-state index in [-0.39, 0.29) is 11.9 Å². The normalized spacial score (nSPS) is 22.7. The Morgan fingerprint density at radius 1 is 1.22 bits per heavy atom. The van der Waals surface area contributed by atoms with Gasteiger partial charge >= 0.3 is 0 Å². The van der Waals surface area contributed by atoms with Crippen molar-refractivity contribution in [3.05, 3.63) is 34.9 Å². The Balaban J connectivity index is 1.43. The molecule has 0 aliphatic carbocycles. The number of nitrogens with zero attached hydrogens (tertiary/aromatic N) is 2. The van der Waals surface area contributed by atoms with Gasteiger partial charge in [0.1, 0.15) is 0 Å². The summed E-state index contributed by atoms with van der Waals surface area (Å²) in [7, 11) is 0. The average molecular weight is 338 g/mol. The molecule has 6 heteroatoms. The van der Waals surface area contributed by atoms with Gasteiger partial charge in [-0.3, -0.25) is 9.69 Å². The lowest BCUT2D eigenvalue weighted by molar-refractivity contribution is -0.128. The molecule has 1 atom stereocenters. The maximum atomic E-state index is 12.2. The molecule has 0 unspecified atom stereocenters. The number of rotatable bonds is 6. The van der Waals surface area contributed by atoms with E-state index in [2.05, 4.69) is 10.2 Å². The number of nitrogens with one attached hydrogen (secondary N) is 1. The number of morpholine rings is 1. The fourth-order valence-corrected chi connectivity index (χ4v) is 3.31. The zero-order chi connectivity index (χ0) is 16.1. The van der Waals surface area contributed by atoms with E-state index in [1.54, 1.807) is 0 Å². The molecular formula is C17H24ClN3O2. The van der Waals surface area contributed by atoms with Gasteiger partial charge in [-0.2, -0.15) is 0 Å². The lowest BCUT2D eigenvalue weighted by atomic mass is 10.2. The van der Waals surface area contributed by atoms with Crippen LogP contribution in [0.5, 0.6) is 0 Å². The van der Waals surface area contributed by atoms with Crippen molar-refractivity contribution in [1.82, 2.24) is 15.1 Å². The first kappa shape index (κ1) is 16.7. The van der Waals surface area contributed by atoms with Crippen molar-refractivity contribution in [1.29, 1.82) is 0 Å². The van der Waals surface area contributed by atoms with E-state index in [4.69, 9.17) is 16.3 Å². The number of amides is 1. The molecule has 2 aliphatic heterocycles. The summed E-state index contributed by atoms with van der Waals surface area (Å²) in [5, 5.41) is 4.23. The van der Waals surface area contributed by atoms with Crippen LogP contribution >= 0.6 is 11.6 Å². The highest BCUT2D eigenvalue weighted by molar-refractivity contribution is 6.31. The quantitative estimate of drug-likeness (QED) is 0.851. The molecule has 126 valence electrons. The number of carbonyl (C=O) groups excluding carboxylic acids is 1. The van der Waals surface area contributed by atoms with E-state index in [9.17, 15) is 4.79 Å². The number of ether oxygens (including phenoxy) is 1. The van der Waals surface area contributed by atoms with Gasteiger partial charge in [0, 0.05) is 56.8 Å². The molecular weight excluding hydrogens is 314 g/mol. The minimum Gasteiger partial charge on any atom is -0.379 e. The predicted octanol–water partition coefficient (Wildman–Crippen LogP) is 1.36. The minimum atomic E-state index is 0.212. The summed E-state index contributed by atoms with van der Waals surface area (Å²) in [5.74, 6) is 0.245. The summed E-state index contributed by atoms with van der Waals surface area (Å²) in [6.45, 7) is 6.77. The summed E-state index contributed by atoms with van der Waals surface area (Å²) in [6.07, 6.45) is 0.577. The smallest absolute Gasteiger partial charge is 0.224 e. The van der Waals surface area contributed by atoms with E-state index in [0.29, 0.717) is 13.0 Å². The molecule has 2 saturated heterocycles. The van der Waals surface area contributed by atoms with Gasteiger partial charge in [0.25, 0.3) is 0 Å². The third-order valence-electron chi connectivity index (χ3n) is 4.54. The second-order valence-electron chi connectivity index (χ2n) is 6.17. The molecule has 5 nitrogen and oxygen atoms in total. The topological polar surface area (TPSA) is 44.8 Å². The van der Waals surface area contributed by atoms with Crippen LogP contribution in [0, 0.1) is 0 Å². The number of hydrogen-bond donors (Lipinski definition) is 1. The summed E-state index contributed by atoms with van der Waals surface area (Å²) >= 11 is 6.17. The first-order chi connectivity index (χ1) is 11.2. The molecule has 1 amide bonds. The van der Waals surface area contributed by atoms with E-state index in [0.717, 1.165) is 56.5 Å². The van der Waals surface area contributed by atoms with Crippen molar-refractivity contribution in [2.75, 3.05) is 45.9 Å². The lowest BCUT2D eigenvalue weighted by Gasteiger charge is -2.28. The maximum Gasteiger partial charge on any atom is 0.224 e. The second kappa shape index (κ2) is 8.11. The largest absolute Gasteiger partial charge is 0.379 e. The van der Waals surface area contributed by atoms with Crippen molar-refractivity contribution in [2.24, 2.45) is 0 Å². The molecule has 0 aromatic heterocycles. The molecule has 3 rings (SSSR count). The van der Waals surface area contributed by atoms with Crippen LogP contribution in [-0.4, -0.2) is 67.7 Å². The maximum absolute atomic E-state index is 12.2.